The molecule has 3 heterocycles. The number of nitro groups is 1. The van der Waals surface area contributed by atoms with Gasteiger partial charge in [-0.25, -0.2) is 4.98 Å². The zero-order valence-electron chi connectivity index (χ0n) is 23.7. The third-order valence-corrected chi connectivity index (χ3v) is 8.07. The molecular weight excluding hydrogens is 528 g/mol. The molecular formula is C33H34N6O3. The molecule has 4 aromatic rings. The number of aromatic nitrogens is 2. The number of imidazole rings is 1. The molecule has 0 aliphatic carbocycles. The van der Waals surface area contributed by atoms with Crippen molar-refractivity contribution in [1.82, 2.24) is 14.5 Å². The summed E-state index contributed by atoms with van der Waals surface area (Å²) in [6.07, 6.45) is 9.68. The quantitative estimate of drug-likeness (QED) is 0.140. The van der Waals surface area contributed by atoms with E-state index in [0.29, 0.717) is 22.5 Å². The van der Waals surface area contributed by atoms with E-state index in [2.05, 4.69) is 32.7 Å². The van der Waals surface area contributed by atoms with Crippen LogP contribution in [0.3, 0.4) is 0 Å². The summed E-state index contributed by atoms with van der Waals surface area (Å²) in [5.74, 6) is 0.552. The number of anilines is 2. The number of nitro benzene ring substituents is 1. The lowest BCUT2D eigenvalue weighted by Crippen LogP contribution is -2.30. The van der Waals surface area contributed by atoms with Gasteiger partial charge in [-0.1, -0.05) is 30.7 Å². The third kappa shape index (κ3) is 5.82. The van der Waals surface area contributed by atoms with Crippen molar-refractivity contribution < 1.29 is 9.72 Å². The van der Waals surface area contributed by atoms with E-state index < -0.39 is 4.92 Å². The summed E-state index contributed by atoms with van der Waals surface area (Å²) in [5, 5.41) is 17.9. The predicted molar refractivity (Wildman–Crippen MR) is 166 cm³/mol. The van der Waals surface area contributed by atoms with E-state index in [1.54, 1.807) is 12.3 Å². The van der Waals surface area contributed by atoms with Crippen LogP contribution in [0.15, 0.2) is 79.1 Å². The normalized spacial score (nSPS) is 16.2. The van der Waals surface area contributed by atoms with E-state index in [0.717, 1.165) is 42.0 Å². The Kier molecular flexibility index (Phi) is 7.83. The van der Waals surface area contributed by atoms with E-state index in [1.807, 2.05) is 54.2 Å². The fourth-order valence-electron chi connectivity index (χ4n) is 5.81. The fraction of sp³-hybridized carbons (Fsp3) is 0.273. The van der Waals surface area contributed by atoms with Crippen molar-refractivity contribution in [3.8, 4) is 11.4 Å². The molecule has 0 atom stereocenters. The van der Waals surface area contributed by atoms with Crippen LogP contribution in [0.25, 0.3) is 22.7 Å². The first kappa shape index (κ1) is 27.4. The highest BCUT2D eigenvalue weighted by atomic mass is 16.6. The number of non-ortho nitro benzene ring substituents is 1. The summed E-state index contributed by atoms with van der Waals surface area (Å²) in [6.45, 7) is 3.51. The predicted octanol–water partition coefficient (Wildman–Crippen LogP) is 6.35. The molecule has 2 aliphatic heterocycles. The molecule has 9 nitrogen and oxygen atoms in total. The fourth-order valence-corrected chi connectivity index (χ4v) is 5.81. The summed E-state index contributed by atoms with van der Waals surface area (Å²) >= 11 is 0. The zero-order chi connectivity index (χ0) is 29.1. The van der Waals surface area contributed by atoms with Gasteiger partial charge in [0.25, 0.3) is 11.6 Å². The van der Waals surface area contributed by atoms with Gasteiger partial charge in [-0.3, -0.25) is 14.9 Å². The van der Waals surface area contributed by atoms with Gasteiger partial charge in [0.2, 0.25) is 0 Å². The number of nitrogens with zero attached hydrogens (tertiary/aromatic N) is 4. The Balaban J connectivity index is 1.31. The van der Waals surface area contributed by atoms with Crippen molar-refractivity contribution in [2.24, 2.45) is 7.05 Å². The molecule has 9 heteroatoms. The van der Waals surface area contributed by atoms with Gasteiger partial charge in [-0.15, -0.1) is 0 Å². The minimum absolute atomic E-state index is 0.0643. The first-order valence-electron chi connectivity index (χ1n) is 14.5. The third-order valence-electron chi connectivity index (χ3n) is 8.07. The van der Waals surface area contributed by atoms with Crippen LogP contribution in [0.5, 0.6) is 0 Å². The topological polar surface area (TPSA) is 105 Å². The standard InChI is InChI=1S/C33H34N6O3/c1-37-21-17-34-32(37)25-11-13-26(14-12-25)35-31(30-28-22-27(39(41)42)15-16-29(28)36-33(30)40)24-9-7-23(8-10-24)6-5-20-38-18-3-2-4-19-38/h7-17,21-22,35H,2-6,18-20H2,1H3,(H,36,40). The number of fused-ring (bicyclic) bond motifs is 1. The van der Waals surface area contributed by atoms with Gasteiger partial charge in [0.05, 0.1) is 16.2 Å². The summed E-state index contributed by atoms with van der Waals surface area (Å²) in [7, 11) is 1.95. The lowest BCUT2D eigenvalue weighted by molar-refractivity contribution is -0.384. The molecule has 1 amide bonds. The van der Waals surface area contributed by atoms with E-state index in [4.69, 9.17) is 0 Å². The first-order chi connectivity index (χ1) is 20.5. The van der Waals surface area contributed by atoms with Gasteiger partial charge in [-0.2, -0.15) is 0 Å². The van der Waals surface area contributed by atoms with Gasteiger partial charge >= 0.3 is 0 Å². The van der Waals surface area contributed by atoms with Crippen molar-refractivity contribution in [1.29, 1.82) is 0 Å². The molecule has 0 radical (unpaired) electrons. The number of piperidine rings is 1. The average Bonchev–Trinajstić information content (AvgIpc) is 3.58. The number of amides is 1. The van der Waals surface area contributed by atoms with Crippen LogP contribution in [0.4, 0.5) is 17.1 Å². The number of carbonyl (C=O) groups excluding carboxylic acids is 1. The molecule has 0 saturated carbocycles. The summed E-state index contributed by atoms with van der Waals surface area (Å²) < 4.78 is 1.95. The summed E-state index contributed by atoms with van der Waals surface area (Å²) in [5.41, 5.74) is 5.79. The number of likely N-dealkylation sites (tertiary alicyclic amines) is 1. The SMILES string of the molecule is Cn1ccnc1-c1ccc(NC(=C2C(=O)Nc3ccc([N+](=O)[O-])cc32)c2ccc(CCCN3CCCCC3)cc2)cc1. The van der Waals surface area contributed by atoms with Crippen LogP contribution in [-0.2, 0) is 18.3 Å². The molecule has 214 valence electrons. The van der Waals surface area contributed by atoms with Crippen LogP contribution in [0.1, 0.15) is 42.4 Å². The Morgan fingerprint density at radius 2 is 1.79 bits per heavy atom. The van der Waals surface area contributed by atoms with Crippen LogP contribution in [0.2, 0.25) is 0 Å². The molecule has 1 fully saturated rings. The lowest BCUT2D eigenvalue weighted by Gasteiger charge is -2.26. The maximum Gasteiger partial charge on any atom is 0.270 e. The van der Waals surface area contributed by atoms with E-state index in [-0.39, 0.29) is 11.6 Å². The van der Waals surface area contributed by atoms with E-state index in [1.165, 1.54) is 50.0 Å². The molecule has 0 unspecified atom stereocenters. The number of hydrogen-bond donors (Lipinski definition) is 2. The molecule has 1 aromatic heterocycles. The van der Waals surface area contributed by atoms with Gasteiger partial charge in [0.1, 0.15) is 5.82 Å². The van der Waals surface area contributed by atoms with Crippen LogP contribution in [-0.4, -0.2) is 44.9 Å². The monoisotopic (exact) mass is 562 g/mol. The molecule has 42 heavy (non-hydrogen) atoms. The molecule has 0 bridgehead atoms. The number of aryl methyl sites for hydroxylation is 2. The van der Waals surface area contributed by atoms with Crippen LogP contribution < -0.4 is 10.6 Å². The minimum Gasteiger partial charge on any atom is -0.354 e. The molecule has 0 spiro atoms. The highest BCUT2D eigenvalue weighted by Gasteiger charge is 2.30. The highest BCUT2D eigenvalue weighted by Crippen LogP contribution is 2.39. The van der Waals surface area contributed by atoms with Crippen LogP contribution >= 0.6 is 0 Å². The number of carbonyl (C=O) groups is 1. The molecule has 1 saturated heterocycles. The molecule has 6 rings (SSSR count). The Labute approximate surface area is 245 Å². The van der Waals surface area contributed by atoms with E-state index >= 15 is 0 Å². The second-order valence-electron chi connectivity index (χ2n) is 11.0. The largest absolute Gasteiger partial charge is 0.354 e. The Hall–Kier alpha value is -4.76. The van der Waals surface area contributed by atoms with E-state index in [9.17, 15) is 14.9 Å². The lowest BCUT2D eigenvalue weighted by atomic mass is 9.98. The van der Waals surface area contributed by atoms with Gasteiger partial charge in [0.15, 0.2) is 0 Å². The first-order valence-corrected chi connectivity index (χ1v) is 14.5. The van der Waals surface area contributed by atoms with Crippen molar-refractivity contribution in [3.63, 3.8) is 0 Å². The van der Waals surface area contributed by atoms with Crippen molar-refractivity contribution in [2.75, 3.05) is 30.3 Å². The van der Waals surface area contributed by atoms with Crippen LogP contribution in [0, 0.1) is 10.1 Å². The van der Waals surface area contributed by atoms with Gasteiger partial charge < -0.3 is 20.1 Å². The second-order valence-corrected chi connectivity index (χ2v) is 11.0. The zero-order valence-corrected chi connectivity index (χ0v) is 23.7. The Morgan fingerprint density at radius 1 is 1.02 bits per heavy atom. The molecule has 2 N–H and O–H groups in total. The molecule has 2 aliphatic rings. The average molecular weight is 563 g/mol. The van der Waals surface area contributed by atoms with Crippen molar-refractivity contribution >= 4 is 34.2 Å². The summed E-state index contributed by atoms with van der Waals surface area (Å²) in [4.78, 5) is 31.4. The Morgan fingerprint density at radius 3 is 2.48 bits per heavy atom. The van der Waals surface area contributed by atoms with Gasteiger partial charge in [0, 0.05) is 54.1 Å². The highest BCUT2D eigenvalue weighted by molar-refractivity contribution is 6.37. The van der Waals surface area contributed by atoms with Crippen molar-refractivity contribution in [3.05, 3.63) is 106 Å². The Bertz CT molecular complexity index is 1630. The minimum atomic E-state index is -0.442. The van der Waals surface area contributed by atoms with Crippen molar-refractivity contribution in [2.45, 2.75) is 32.1 Å². The smallest absolute Gasteiger partial charge is 0.270 e. The maximum absolute atomic E-state index is 13.3. The molecule has 3 aromatic carbocycles. The maximum atomic E-state index is 13.3. The summed E-state index contributed by atoms with van der Waals surface area (Å²) in [6, 6.07) is 20.6. The van der Waals surface area contributed by atoms with Gasteiger partial charge in [-0.05, 0) is 86.8 Å². The number of rotatable bonds is 9. The number of hydrogen-bond acceptors (Lipinski definition) is 6. The second kappa shape index (κ2) is 12.0. The number of nitrogens with one attached hydrogen (secondary N) is 2. The number of benzene rings is 3.